The van der Waals surface area contributed by atoms with Gasteiger partial charge in [0, 0.05) is 24.0 Å². The van der Waals surface area contributed by atoms with Crippen LogP contribution in [0.1, 0.15) is 41.4 Å². The van der Waals surface area contributed by atoms with E-state index in [-0.39, 0.29) is 11.4 Å². The Balaban J connectivity index is 1.75. The number of benzene rings is 1. The molecule has 2 aromatic heterocycles. The van der Waals surface area contributed by atoms with Gasteiger partial charge in [0.2, 0.25) is 0 Å². The molecule has 7 heteroatoms. The highest BCUT2D eigenvalue weighted by Crippen LogP contribution is 2.47. The van der Waals surface area contributed by atoms with Gasteiger partial charge in [-0.05, 0) is 44.4 Å². The molecule has 2 heterocycles. The number of rotatable bonds is 5. The minimum absolute atomic E-state index is 0.0105. The standard InChI is InChI=1S/C20H23N5O2/c1-12-15(19(26)24-14-6-4-13(5-7-14)10-27-3)16-17(21)22-11-23-18(16)25(12)20(2)8-9-20/h4-7,11H,8-10H2,1-3H3,(H,24,26)(H2,21,22,23). The number of nitrogens with two attached hydrogens (primary N) is 1. The summed E-state index contributed by atoms with van der Waals surface area (Å²) in [6, 6.07) is 7.58. The van der Waals surface area contributed by atoms with Crippen LogP contribution >= 0.6 is 0 Å². The lowest BCUT2D eigenvalue weighted by Gasteiger charge is -2.15. The molecule has 0 bridgehead atoms. The molecule has 3 N–H and O–H groups in total. The lowest BCUT2D eigenvalue weighted by atomic mass is 10.1. The van der Waals surface area contributed by atoms with Gasteiger partial charge < -0.3 is 20.4 Å². The van der Waals surface area contributed by atoms with Gasteiger partial charge in [0.15, 0.2) is 0 Å². The number of carbonyl (C=O) groups excluding carboxylic acids is 1. The largest absolute Gasteiger partial charge is 0.383 e. The maximum Gasteiger partial charge on any atom is 0.258 e. The van der Waals surface area contributed by atoms with E-state index >= 15 is 0 Å². The molecule has 0 saturated heterocycles. The summed E-state index contributed by atoms with van der Waals surface area (Å²) in [7, 11) is 1.65. The predicted octanol–water partition coefficient (Wildman–Crippen LogP) is 3.23. The van der Waals surface area contributed by atoms with Gasteiger partial charge in [0.25, 0.3) is 5.91 Å². The second kappa shape index (κ2) is 6.35. The number of aromatic nitrogens is 3. The molecule has 0 unspecified atom stereocenters. The van der Waals surface area contributed by atoms with E-state index < -0.39 is 0 Å². The Morgan fingerprint density at radius 2 is 2.00 bits per heavy atom. The maximum absolute atomic E-state index is 13.1. The van der Waals surface area contributed by atoms with Gasteiger partial charge in [-0.1, -0.05) is 12.1 Å². The molecule has 0 atom stereocenters. The van der Waals surface area contributed by atoms with Crippen molar-refractivity contribution >= 4 is 28.4 Å². The maximum atomic E-state index is 13.1. The summed E-state index contributed by atoms with van der Waals surface area (Å²) in [6.45, 7) is 4.66. The highest BCUT2D eigenvalue weighted by atomic mass is 16.5. The van der Waals surface area contributed by atoms with Crippen molar-refractivity contribution in [2.24, 2.45) is 0 Å². The molecule has 140 valence electrons. The molecule has 1 aliphatic rings. The number of ether oxygens (including phenoxy) is 1. The summed E-state index contributed by atoms with van der Waals surface area (Å²) in [6.07, 6.45) is 3.57. The fourth-order valence-corrected chi connectivity index (χ4v) is 3.64. The number of carbonyl (C=O) groups is 1. The third-order valence-corrected chi connectivity index (χ3v) is 5.28. The molecular formula is C20H23N5O2. The minimum Gasteiger partial charge on any atom is -0.383 e. The normalized spacial score (nSPS) is 15.1. The molecule has 1 amide bonds. The molecule has 0 spiro atoms. The average Bonchev–Trinajstić information content (AvgIpc) is 3.29. The number of nitrogens with zero attached hydrogens (tertiary/aromatic N) is 3. The smallest absolute Gasteiger partial charge is 0.258 e. The third-order valence-electron chi connectivity index (χ3n) is 5.28. The second-order valence-electron chi connectivity index (χ2n) is 7.33. The van der Waals surface area contributed by atoms with E-state index in [2.05, 4.69) is 26.8 Å². The van der Waals surface area contributed by atoms with Crippen molar-refractivity contribution in [2.75, 3.05) is 18.2 Å². The van der Waals surface area contributed by atoms with Crippen LogP contribution in [0.5, 0.6) is 0 Å². The fourth-order valence-electron chi connectivity index (χ4n) is 3.64. The van der Waals surface area contributed by atoms with E-state index in [4.69, 9.17) is 10.5 Å². The fraction of sp³-hybridized carbons (Fsp3) is 0.350. The Hall–Kier alpha value is -2.93. The van der Waals surface area contributed by atoms with Crippen LogP contribution in [0.3, 0.4) is 0 Å². The predicted molar refractivity (Wildman–Crippen MR) is 105 cm³/mol. The zero-order valence-corrected chi connectivity index (χ0v) is 15.7. The summed E-state index contributed by atoms with van der Waals surface area (Å²) in [5.74, 6) is 0.119. The Kier molecular flexibility index (Phi) is 4.11. The quantitative estimate of drug-likeness (QED) is 0.724. The average molecular weight is 365 g/mol. The van der Waals surface area contributed by atoms with E-state index in [0.29, 0.717) is 29.1 Å². The number of anilines is 2. The first kappa shape index (κ1) is 17.5. The second-order valence-corrected chi connectivity index (χ2v) is 7.33. The lowest BCUT2D eigenvalue weighted by molar-refractivity contribution is 0.102. The summed E-state index contributed by atoms with van der Waals surface area (Å²) in [5, 5.41) is 3.59. The van der Waals surface area contributed by atoms with Gasteiger partial charge in [-0.2, -0.15) is 0 Å². The Morgan fingerprint density at radius 3 is 2.63 bits per heavy atom. The minimum atomic E-state index is -0.207. The number of amides is 1. The number of nitrogen functional groups attached to an aromatic ring is 1. The molecule has 3 aromatic rings. The van der Waals surface area contributed by atoms with Crippen LogP contribution in [0.2, 0.25) is 0 Å². The van der Waals surface area contributed by atoms with Crippen molar-refractivity contribution < 1.29 is 9.53 Å². The van der Waals surface area contributed by atoms with E-state index in [0.717, 1.165) is 29.7 Å². The first-order valence-electron chi connectivity index (χ1n) is 8.96. The van der Waals surface area contributed by atoms with Gasteiger partial charge in [-0.15, -0.1) is 0 Å². The van der Waals surface area contributed by atoms with E-state index in [1.165, 1.54) is 6.33 Å². The lowest BCUT2D eigenvalue weighted by Crippen LogP contribution is -2.17. The van der Waals surface area contributed by atoms with Crippen molar-refractivity contribution in [3.8, 4) is 0 Å². The zero-order valence-electron chi connectivity index (χ0n) is 15.7. The van der Waals surface area contributed by atoms with Gasteiger partial charge in [0.1, 0.15) is 17.8 Å². The monoisotopic (exact) mass is 365 g/mol. The molecule has 0 aliphatic heterocycles. The van der Waals surface area contributed by atoms with Crippen molar-refractivity contribution in [3.63, 3.8) is 0 Å². The van der Waals surface area contributed by atoms with Gasteiger partial charge in [-0.3, -0.25) is 4.79 Å². The van der Waals surface area contributed by atoms with Crippen molar-refractivity contribution in [2.45, 2.75) is 38.8 Å². The summed E-state index contributed by atoms with van der Waals surface area (Å²) in [5.41, 5.74) is 10.0. The van der Waals surface area contributed by atoms with Crippen LogP contribution in [0, 0.1) is 6.92 Å². The number of hydrogen-bond acceptors (Lipinski definition) is 5. The number of methoxy groups -OCH3 is 1. The van der Waals surface area contributed by atoms with Crippen LogP contribution in [0.4, 0.5) is 11.5 Å². The Labute approximate surface area is 157 Å². The third kappa shape index (κ3) is 2.94. The molecule has 27 heavy (non-hydrogen) atoms. The van der Waals surface area contributed by atoms with Gasteiger partial charge in [0.05, 0.1) is 17.6 Å². The van der Waals surface area contributed by atoms with E-state index in [1.807, 2.05) is 31.2 Å². The van der Waals surface area contributed by atoms with Crippen molar-refractivity contribution in [1.82, 2.24) is 14.5 Å². The van der Waals surface area contributed by atoms with Crippen molar-refractivity contribution in [3.05, 3.63) is 47.4 Å². The van der Waals surface area contributed by atoms with E-state index in [9.17, 15) is 4.79 Å². The van der Waals surface area contributed by atoms with Crippen LogP contribution in [-0.4, -0.2) is 27.6 Å². The summed E-state index contributed by atoms with van der Waals surface area (Å²) in [4.78, 5) is 21.6. The highest BCUT2D eigenvalue weighted by molar-refractivity contribution is 6.16. The highest BCUT2D eigenvalue weighted by Gasteiger charge is 2.43. The van der Waals surface area contributed by atoms with Crippen LogP contribution in [0.25, 0.3) is 11.0 Å². The number of nitrogens with one attached hydrogen (secondary N) is 1. The number of fused-ring (bicyclic) bond motifs is 1. The van der Waals surface area contributed by atoms with Gasteiger partial charge in [-0.25, -0.2) is 9.97 Å². The molecule has 1 saturated carbocycles. The Morgan fingerprint density at radius 1 is 1.30 bits per heavy atom. The Bertz CT molecular complexity index is 1020. The molecule has 0 radical (unpaired) electrons. The SMILES string of the molecule is COCc1ccc(NC(=O)c2c(C)n(C3(C)CC3)c3ncnc(N)c23)cc1. The van der Waals surface area contributed by atoms with Crippen LogP contribution in [0.15, 0.2) is 30.6 Å². The zero-order chi connectivity index (χ0) is 19.2. The molecule has 1 fully saturated rings. The topological polar surface area (TPSA) is 95.1 Å². The molecule has 1 aromatic carbocycles. The van der Waals surface area contributed by atoms with Crippen LogP contribution in [-0.2, 0) is 16.9 Å². The molecule has 4 rings (SSSR count). The summed E-state index contributed by atoms with van der Waals surface area (Å²) < 4.78 is 7.25. The first-order chi connectivity index (χ1) is 12.9. The first-order valence-corrected chi connectivity index (χ1v) is 8.96. The molecule has 1 aliphatic carbocycles. The van der Waals surface area contributed by atoms with Gasteiger partial charge >= 0.3 is 0 Å². The molecule has 7 nitrogen and oxygen atoms in total. The number of hydrogen-bond donors (Lipinski definition) is 2. The summed E-state index contributed by atoms with van der Waals surface area (Å²) >= 11 is 0. The van der Waals surface area contributed by atoms with E-state index in [1.54, 1.807) is 7.11 Å². The molecular weight excluding hydrogens is 342 g/mol. The van der Waals surface area contributed by atoms with Crippen LogP contribution < -0.4 is 11.1 Å². The van der Waals surface area contributed by atoms with Crippen molar-refractivity contribution in [1.29, 1.82) is 0 Å².